The summed E-state index contributed by atoms with van der Waals surface area (Å²) in [5, 5.41) is 13.3. The number of benzene rings is 1. The zero-order valence-corrected chi connectivity index (χ0v) is 13.1. The van der Waals surface area contributed by atoms with Gasteiger partial charge in [0, 0.05) is 16.5 Å². The van der Waals surface area contributed by atoms with E-state index in [1.165, 1.54) is 0 Å². The van der Waals surface area contributed by atoms with Gasteiger partial charge in [-0.2, -0.15) is 0 Å². The van der Waals surface area contributed by atoms with Crippen LogP contribution in [0.4, 0.5) is 0 Å². The van der Waals surface area contributed by atoms with Crippen LogP contribution >= 0.6 is 0 Å². The van der Waals surface area contributed by atoms with E-state index in [2.05, 4.69) is 5.32 Å². The lowest BCUT2D eigenvalue weighted by molar-refractivity contribution is -0.304. The van der Waals surface area contributed by atoms with Crippen molar-refractivity contribution in [2.24, 2.45) is 0 Å². The number of carboxylic acids is 1. The minimum Gasteiger partial charge on any atom is -0.548 e. The maximum absolute atomic E-state index is 12.1. The molecule has 126 valence electrons. The second kappa shape index (κ2) is 6.35. The second-order valence-corrected chi connectivity index (χ2v) is 5.70. The van der Waals surface area contributed by atoms with Crippen molar-refractivity contribution in [2.75, 3.05) is 13.2 Å². The summed E-state index contributed by atoms with van der Waals surface area (Å²) in [6, 6.07) is 3.55. The van der Waals surface area contributed by atoms with Gasteiger partial charge in [-0.1, -0.05) is 0 Å². The number of aliphatic carboxylic acids is 1. The lowest BCUT2D eigenvalue weighted by Gasteiger charge is -2.12. The summed E-state index contributed by atoms with van der Waals surface area (Å²) in [5.41, 5.74) is 2.56. The maximum Gasteiger partial charge on any atom is 0.339 e. The number of aryl methyl sites for hydroxylation is 2. The molecule has 0 atom stereocenters. The highest BCUT2D eigenvalue weighted by atomic mass is 16.5. The maximum atomic E-state index is 12.1. The summed E-state index contributed by atoms with van der Waals surface area (Å²) in [6.45, 7) is 0.843. The Morgan fingerprint density at radius 1 is 1.29 bits per heavy atom. The van der Waals surface area contributed by atoms with Gasteiger partial charge in [0.05, 0.1) is 12.5 Å². The highest BCUT2D eigenvalue weighted by molar-refractivity contribution is 5.86. The van der Waals surface area contributed by atoms with Crippen molar-refractivity contribution in [3.05, 3.63) is 39.2 Å². The van der Waals surface area contributed by atoms with Gasteiger partial charge in [-0.15, -0.1) is 0 Å². The van der Waals surface area contributed by atoms with Crippen molar-refractivity contribution in [1.82, 2.24) is 5.32 Å². The Bertz CT molecular complexity index is 883. The van der Waals surface area contributed by atoms with Crippen LogP contribution in [-0.4, -0.2) is 25.0 Å². The van der Waals surface area contributed by atoms with Crippen LogP contribution in [0, 0.1) is 6.92 Å². The topological polar surface area (TPSA) is 109 Å². The van der Waals surface area contributed by atoms with Gasteiger partial charge in [-0.3, -0.25) is 4.79 Å². The molecule has 1 aliphatic rings. The average Bonchev–Trinajstić information content (AvgIpc) is 3.03. The van der Waals surface area contributed by atoms with Gasteiger partial charge in [-0.25, -0.2) is 4.79 Å². The minimum atomic E-state index is -1.37. The van der Waals surface area contributed by atoms with Crippen LogP contribution in [0.5, 0.6) is 5.75 Å². The first kappa shape index (κ1) is 16.0. The van der Waals surface area contributed by atoms with Gasteiger partial charge in [-0.05, 0) is 43.9 Å². The third kappa shape index (κ3) is 2.97. The van der Waals surface area contributed by atoms with E-state index in [-0.39, 0.29) is 12.2 Å². The Hall–Kier alpha value is -2.83. The molecule has 0 saturated carbocycles. The molecule has 0 unspecified atom stereocenters. The predicted octanol–water partition coefficient (Wildman–Crippen LogP) is -0.165. The van der Waals surface area contributed by atoms with Crippen molar-refractivity contribution in [2.45, 2.75) is 26.2 Å². The lowest BCUT2D eigenvalue weighted by atomic mass is 10.0. The van der Waals surface area contributed by atoms with E-state index in [1.54, 1.807) is 13.0 Å². The van der Waals surface area contributed by atoms with Crippen molar-refractivity contribution >= 4 is 22.8 Å². The molecule has 1 heterocycles. The van der Waals surface area contributed by atoms with Gasteiger partial charge in [0.1, 0.15) is 11.3 Å². The van der Waals surface area contributed by atoms with Crippen LogP contribution in [0.3, 0.4) is 0 Å². The van der Waals surface area contributed by atoms with Crippen molar-refractivity contribution < 1.29 is 23.8 Å². The van der Waals surface area contributed by atoms with Crippen LogP contribution in [0.15, 0.2) is 21.3 Å². The molecule has 0 spiro atoms. The van der Waals surface area contributed by atoms with Gasteiger partial charge >= 0.3 is 5.63 Å². The molecule has 1 aliphatic carbocycles. The standard InChI is InChI=1S/C17H17NO6/c1-9-13(23-8-14(19)18-7-15(20)21)6-5-11-10-3-2-4-12(10)17(22)24-16(9)11/h5-6H,2-4,7-8H2,1H3,(H,18,19)(H,20,21)/p-1. The normalized spacial score (nSPS) is 12.9. The molecule has 7 heteroatoms. The van der Waals surface area contributed by atoms with E-state index in [0.717, 1.165) is 35.8 Å². The van der Waals surface area contributed by atoms with E-state index < -0.39 is 18.4 Å². The third-order valence-electron chi connectivity index (χ3n) is 4.13. The number of carboxylic acid groups (broad SMARTS) is 1. The lowest BCUT2D eigenvalue weighted by Crippen LogP contribution is -2.39. The molecule has 1 aromatic carbocycles. The smallest absolute Gasteiger partial charge is 0.339 e. The summed E-state index contributed by atoms with van der Waals surface area (Å²) in [6.07, 6.45) is 2.53. The number of ether oxygens (including phenoxy) is 1. The van der Waals surface area contributed by atoms with Gasteiger partial charge < -0.3 is 24.4 Å². The fraction of sp³-hybridized carbons (Fsp3) is 0.353. The molecule has 1 aromatic heterocycles. The molecule has 0 fully saturated rings. The van der Waals surface area contributed by atoms with Crippen LogP contribution in [-0.2, 0) is 22.4 Å². The Morgan fingerprint density at radius 3 is 2.79 bits per heavy atom. The van der Waals surface area contributed by atoms with Gasteiger partial charge in [0.2, 0.25) is 0 Å². The Morgan fingerprint density at radius 2 is 2.04 bits per heavy atom. The first-order chi connectivity index (χ1) is 11.5. The van der Waals surface area contributed by atoms with E-state index in [1.807, 2.05) is 6.07 Å². The molecular formula is C17H16NO6-. The zero-order valence-electron chi connectivity index (χ0n) is 13.1. The first-order valence-corrected chi connectivity index (χ1v) is 7.65. The molecule has 0 aliphatic heterocycles. The Balaban J connectivity index is 1.84. The number of carbonyl (C=O) groups excluding carboxylic acids is 2. The van der Waals surface area contributed by atoms with Crippen molar-refractivity contribution in [3.63, 3.8) is 0 Å². The first-order valence-electron chi connectivity index (χ1n) is 7.65. The molecule has 24 heavy (non-hydrogen) atoms. The van der Waals surface area contributed by atoms with Gasteiger partial charge in [0.15, 0.2) is 6.61 Å². The molecule has 7 nitrogen and oxygen atoms in total. The highest BCUT2D eigenvalue weighted by Gasteiger charge is 2.21. The largest absolute Gasteiger partial charge is 0.548 e. The van der Waals surface area contributed by atoms with Crippen molar-refractivity contribution in [1.29, 1.82) is 0 Å². The van der Waals surface area contributed by atoms with Crippen LogP contribution in [0.1, 0.15) is 23.1 Å². The number of fused-ring (bicyclic) bond motifs is 3. The second-order valence-electron chi connectivity index (χ2n) is 5.70. The molecule has 3 rings (SSSR count). The van der Waals surface area contributed by atoms with E-state index in [0.29, 0.717) is 16.9 Å². The zero-order chi connectivity index (χ0) is 17.3. The average molecular weight is 330 g/mol. The fourth-order valence-electron chi connectivity index (χ4n) is 2.98. The van der Waals surface area contributed by atoms with Crippen molar-refractivity contribution in [3.8, 4) is 5.75 Å². The summed E-state index contributed by atoms with van der Waals surface area (Å²) in [7, 11) is 0. The summed E-state index contributed by atoms with van der Waals surface area (Å²) in [4.78, 5) is 33.9. The fourth-order valence-corrected chi connectivity index (χ4v) is 2.98. The van der Waals surface area contributed by atoms with E-state index >= 15 is 0 Å². The predicted molar refractivity (Wildman–Crippen MR) is 82.8 cm³/mol. The molecule has 0 bridgehead atoms. The number of hydrogen-bond donors (Lipinski definition) is 1. The van der Waals surface area contributed by atoms with E-state index in [9.17, 15) is 19.5 Å². The van der Waals surface area contributed by atoms with E-state index in [4.69, 9.17) is 9.15 Å². The quantitative estimate of drug-likeness (QED) is 0.763. The minimum absolute atomic E-state index is 0.318. The number of amides is 1. The molecule has 0 saturated heterocycles. The van der Waals surface area contributed by atoms with Gasteiger partial charge in [0.25, 0.3) is 5.91 Å². The summed E-state index contributed by atoms with van der Waals surface area (Å²) < 4.78 is 10.9. The molecule has 1 amide bonds. The molecule has 2 aromatic rings. The number of hydrogen-bond acceptors (Lipinski definition) is 6. The highest BCUT2D eigenvalue weighted by Crippen LogP contribution is 2.32. The number of carbonyl (C=O) groups is 2. The number of rotatable bonds is 5. The monoisotopic (exact) mass is 330 g/mol. The third-order valence-corrected chi connectivity index (χ3v) is 4.13. The summed E-state index contributed by atoms with van der Waals surface area (Å²) in [5.74, 6) is -1.54. The SMILES string of the molecule is Cc1c(OCC(=O)NCC(=O)[O-])ccc2c3c(c(=O)oc12)CCC3. The molecule has 0 radical (unpaired) electrons. The molecular weight excluding hydrogens is 314 g/mol. The van der Waals surface area contributed by atoms with Crippen LogP contribution in [0.25, 0.3) is 11.0 Å². The van der Waals surface area contributed by atoms with Crippen LogP contribution in [0.2, 0.25) is 0 Å². The summed E-state index contributed by atoms with van der Waals surface area (Å²) >= 11 is 0. The number of nitrogens with one attached hydrogen (secondary N) is 1. The Kier molecular flexibility index (Phi) is 4.24. The van der Waals surface area contributed by atoms with Crippen LogP contribution < -0.4 is 20.8 Å². The Labute approximate surface area is 137 Å². The molecule has 1 N–H and O–H groups in total.